The van der Waals surface area contributed by atoms with E-state index in [2.05, 4.69) is 0 Å². The van der Waals surface area contributed by atoms with Crippen LogP contribution in [0.1, 0.15) is 18.1 Å². The Kier molecular flexibility index (Phi) is 5.90. The highest BCUT2D eigenvalue weighted by molar-refractivity contribution is 6.30. The van der Waals surface area contributed by atoms with Crippen LogP contribution >= 0.6 is 11.6 Å². The van der Waals surface area contributed by atoms with E-state index in [9.17, 15) is 0 Å². The summed E-state index contributed by atoms with van der Waals surface area (Å²) in [5.41, 5.74) is 7.79. The molecule has 0 amide bonds. The third-order valence-corrected chi connectivity index (χ3v) is 3.32. The molecular weight excluding hydrogens is 286 g/mol. The maximum Gasteiger partial charge on any atom is 0.164 e. The van der Waals surface area contributed by atoms with Crippen molar-refractivity contribution in [1.82, 2.24) is 0 Å². The second-order valence-electron chi connectivity index (χ2n) is 4.63. The van der Waals surface area contributed by atoms with E-state index in [1.807, 2.05) is 49.4 Å². The number of halogens is 1. The zero-order valence-corrected chi connectivity index (χ0v) is 12.9. The molecule has 2 N–H and O–H groups in total. The molecule has 2 rings (SSSR count). The van der Waals surface area contributed by atoms with Gasteiger partial charge in [0.05, 0.1) is 6.61 Å². The van der Waals surface area contributed by atoms with Crippen molar-refractivity contribution in [2.24, 2.45) is 5.73 Å². The minimum absolute atomic E-state index is 0.471. The zero-order valence-electron chi connectivity index (χ0n) is 12.1. The fraction of sp³-hybridized carbons (Fsp3) is 0.294. The molecule has 0 aliphatic heterocycles. The summed E-state index contributed by atoms with van der Waals surface area (Å²) in [6.07, 6.45) is 0.761. The summed E-state index contributed by atoms with van der Waals surface area (Å²) in [7, 11) is 0. The van der Waals surface area contributed by atoms with Crippen molar-refractivity contribution in [3.05, 3.63) is 58.6 Å². The summed E-state index contributed by atoms with van der Waals surface area (Å²) in [6.45, 7) is 3.60. The molecule has 4 heteroatoms. The second kappa shape index (κ2) is 7.91. The molecule has 21 heavy (non-hydrogen) atoms. The average molecular weight is 306 g/mol. The van der Waals surface area contributed by atoms with Crippen LogP contribution in [0.3, 0.4) is 0 Å². The molecule has 2 aromatic rings. The average Bonchev–Trinajstić information content (AvgIpc) is 2.49. The van der Waals surface area contributed by atoms with E-state index in [4.69, 9.17) is 26.8 Å². The van der Waals surface area contributed by atoms with Gasteiger partial charge in [-0.3, -0.25) is 0 Å². The minimum atomic E-state index is 0.471. The van der Waals surface area contributed by atoms with Gasteiger partial charge in [0.25, 0.3) is 0 Å². The molecule has 3 nitrogen and oxygen atoms in total. The van der Waals surface area contributed by atoms with Crippen molar-refractivity contribution in [2.45, 2.75) is 20.0 Å². The number of benzene rings is 2. The van der Waals surface area contributed by atoms with Gasteiger partial charge in [-0.1, -0.05) is 35.9 Å². The van der Waals surface area contributed by atoms with Crippen LogP contribution < -0.4 is 15.2 Å². The fourth-order valence-corrected chi connectivity index (χ4v) is 2.21. The van der Waals surface area contributed by atoms with Crippen molar-refractivity contribution < 1.29 is 9.47 Å². The van der Waals surface area contributed by atoms with Gasteiger partial charge in [-0.05, 0) is 49.2 Å². The largest absolute Gasteiger partial charge is 0.490 e. The third-order valence-electron chi connectivity index (χ3n) is 3.07. The number of hydrogen-bond donors (Lipinski definition) is 1. The highest BCUT2D eigenvalue weighted by atomic mass is 35.5. The van der Waals surface area contributed by atoms with Crippen LogP contribution in [0.5, 0.6) is 11.5 Å². The molecule has 0 aromatic heterocycles. The first-order valence-corrected chi connectivity index (χ1v) is 7.44. The Morgan fingerprint density at radius 2 is 1.81 bits per heavy atom. The molecule has 0 radical (unpaired) electrons. The number of rotatable bonds is 7. The summed E-state index contributed by atoms with van der Waals surface area (Å²) in [5.74, 6) is 1.54. The number of nitrogens with two attached hydrogens (primary N) is 1. The molecule has 0 saturated carbocycles. The molecule has 0 fully saturated rings. The quantitative estimate of drug-likeness (QED) is 0.846. The Balaban J connectivity index is 2.17. The summed E-state index contributed by atoms with van der Waals surface area (Å²) in [5, 5.41) is 0.720. The maximum atomic E-state index is 5.98. The van der Waals surface area contributed by atoms with Crippen molar-refractivity contribution >= 4 is 11.6 Å². The van der Waals surface area contributed by atoms with Gasteiger partial charge in [0.15, 0.2) is 11.5 Å². The highest BCUT2D eigenvalue weighted by Gasteiger charge is 2.10. The number of hydrogen-bond acceptors (Lipinski definition) is 3. The Bertz CT molecular complexity index is 545. The lowest BCUT2D eigenvalue weighted by atomic mass is 10.1. The molecule has 0 atom stereocenters. The first kappa shape index (κ1) is 15.7. The smallest absolute Gasteiger partial charge is 0.164 e. The van der Waals surface area contributed by atoms with Crippen LogP contribution in [0.25, 0.3) is 0 Å². The SMILES string of the molecule is CCOc1cccc(CCN)c1OCc1ccc(Cl)cc1. The molecule has 0 bridgehead atoms. The van der Waals surface area contributed by atoms with Gasteiger partial charge in [-0.2, -0.15) is 0 Å². The van der Waals surface area contributed by atoms with Gasteiger partial charge in [-0.25, -0.2) is 0 Å². The Morgan fingerprint density at radius 1 is 1.05 bits per heavy atom. The van der Waals surface area contributed by atoms with Crippen molar-refractivity contribution in [1.29, 1.82) is 0 Å². The lowest BCUT2D eigenvalue weighted by Crippen LogP contribution is -2.07. The van der Waals surface area contributed by atoms with E-state index in [0.29, 0.717) is 19.8 Å². The van der Waals surface area contributed by atoms with Gasteiger partial charge in [-0.15, -0.1) is 0 Å². The second-order valence-corrected chi connectivity index (χ2v) is 5.07. The normalized spacial score (nSPS) is 10.4. The Morgan fingerprint density at radius 3 is 2.48 bits per heavy atom. The monoisotopic (exact) mass is 305 g/mol. The van der Waals surface area contributed by atoms with Crippen LogP contribution in [0.2, 0.25) is 5.02 Å². The third kappa shape index (κ3) is 4.38. The van der Waals surface area contributed by atoms with E-state index in [1.54, 1.807) is 0 Å². The molecule has 0 aliphatic carbocycles. The van der Waals surface area contributed by atoms with E-state index < -0.39 is 0 Å². The molecular formula is C17H20ClNO2. The minimum Gasteiger partial charge on any atom is -0.490 e. The maximum absolute atomic E-state index is 5.98. The fourth-order valence-electron chi connectivity index (χ4n) is 2.08. The first-order chi connectivity index (χ1) is 10.2. The van der Waals surface area contributed by atoms with Crippen molar-refractivity contribution in [2.75, 3.05) is 13.2 Å². The molecule has 0 aliphatic rings. The summed E-state index contributed by atoms with van der Waals surface area (Å²) in [4.78, 5) is 0. The van der Waals surface area contributed by atoms with Gasteiger partial charge in [0, 0.05) is 5.02 Å². The molecule has 2 aromatic carbocycles. The van der Waals surface area contributed by atoms with E-state index in [0.717, 1.165) is 34.1 Å². The molecule has 0 heterocycles. The highest BCUT2D eigenvalue weighted by Crippen LogP contribution is 2.32. The predicted molar refractivity (Wildman–Crippen MR) is 86.2 cm³/mol. The summed E-state index contributed by atoms with van der Waals surface area (Å²) < 4.78 is 11.6. The van der Waals surface area contributed by atoms with Gasteiger partial charge in [0.2, 0.25) is 0 Å². The Hall–Kier alpha value is -1.71. The number of ether oxygens (including phenoxy) is 2. The van der Waals surface area contributed by atoms with Crippen LogP contribution in [0, 0.1) is 0 Å². The number of para-hydroxylation sites is 1. The molecule has 0 unspecified atom stereocenters. The summed E-state index contributed by atoms with van der Waals surface area (Å²) >= 11 is 5.89. The first-order valence-electron chi connectivity index (χ1n) is 7.06. The van der Waals surface area contributed by atoms with Crippen LogP contribution in [0.4, 0.5) is 0 Å². The standard InChI is InChI=1S/C17H20ClNO2/c1-2-20-16-5-3-4-14(10-11-19)17(16)21-12-13-6-8-15(18)9-7-13/h3-9H,2,10-12,19H2,1H3. The van der Waals surface area contributed by atoms with E-state index in [-0.39, 0.29) is 0 Å². The van der Waals surface area contributed by atoms with E-state index >= 15 is 0 Å². The van der Waals surface area contributed by atoms with Gasteiger partial charge in [0.1, 0.15) is 6.61 Å². The molecule has 0 spiro atoms. The molecule has 0 saturated heterocycles. The van der Waals surface area contributed by atoms with Crippen molar-refractivity contribution in [3.63, 3.8) is 0 Å². The predicted octanol–water partition coefficient (Wildman–Crippen LogP) is 3.82. The molecule has 112 valence electrons. The lowest BCUT2D eigenvalue weighted by molar-refractivity contribution is 0.266. The zero-order chi connectivity index (χ0) is 15.1. The Labute approximate surface area is 130 Å². The summed E-state index contributed by atoms with van der Waals surface area (Å²) in [6, 6.07) is 13.5. The van der Waals surface area contributed by atoms with Crippen LogP contribution in [0.15, 0.2) is 42.5 Å². The van der Waals surface area contributed by atoms with Crippen LogP contribution in [-0.4, -0.2) is 13.2 Å². The van der Waals surface area contributed by atoms with Gasteiger partial charge >= 0.3 is 0 Å². The lowest BCUT2D eigenvalue weighted by Gasteiger charge is -2.15. The van der Waals surface area contributed by atoms with Crippen LogP contribution in [-0.2, 0) is 13.0 Å². The van der Waals surface area contributed by atoms with Gasteiger partial charge < -0.3 is 15.2 Å². The topological polar surface area (TPSA) is 44.5 Å². The van der Waals surface area contributed by atoms with Crippen molar-refractivity contribution in [3.8, 4) is 11.5 Å². The van der Waals surface area contributed by atoms with E-state index in [1.165, 1.54) is 0 Å².